The third-order valence-electron chi connectivity index (χ3n) is 5.47. The predicted octanol–water partition coefficient (Wildman–Crippen LogP) is 3.03. The number of primary amides is 1. The van der Waals surface area contributed by atoms with Crippen LogP contribution in [0.3, 0.4) is 0 Å². The highest BCUT2D eigenvalue weighted by Crippen LogP contribution is 2.44. The number of aryl methyl sites for hydroxylation is 1. The molecule has 31 heavy (non-hydrogen) atoms. The second-order valence-electron chi connectivity index (χ2n) is 7.73. The van der Waals surface area contributed by atoms with Crippen LogP contribution in [0.4, 0.5) is 5.69 Å². The Bertz CT molecular complexity index is 1180. The van der Waals surface area contributed by atoms with Crippen LogP contribution in [0.1, 0.15) is 22.8 Å². The monoisotopic (exact) mass is 421 g/mol. The van der Waals surface area contributed by atoms with E-state index in [0.29, 0.717) is 24.3 Å². The first-order valence-electron chi connectivity index (χ1n) is 10.3. The van der Waals surface area contributed by atoms with E-state index in [2.05, 4.69) is 16.9 Å². The quantitative estimate of drug-likeness (QED) is 0.603. The van der Waals surface area contributed by atoms with E-state index in [4.69, 9.17) is 15.2 Å². The summed E-state index contributed by atoms with van der Waals surface area (Å²) in [7, 11) is 5.59. The van der Waals surface area contributed by atoms with Gasteiger partial charge in [-0.3, -0.25) is 9.79 Å². The van der Waals surface area contributed by atoms with Gasteiger partial charge in [0.1, 0.15) is 23.6 Å². The van der Waals surface area contributed by atoms with Crippen LogP contribution >= 0.6 is 0 Å². The first kappa shape index (κ1) is 20.9. The van der Waals surface area contributed by atoms with E-state index in [0.717, 1.165) is 52.3 Å². The lowest BCUT2D eigenvalue weighted by Crippen LogP contribution is -2.21. The minimum atomic E-state index is -0.511. The lowest BCUT2D eigenvalue weighted by molar-refractivity contribution is 0.0995. The van der Waals surface area contributed by atoms with E-state index >= 15 is 0 Å². The van der Waals surface area contributed by atoms with E-state index in [1.807, 2.05) is 48.1 Å². The van der Waals surface area contributed by atoms with E-state index in [1.54, 1.807) is 13.3 Å². The van der Waals surface area contributed by atoms with Gasteiger partial charge < -0.3 is 24.7 Å². The Morgan fingerprint density at radius 2 is 2.06 bits per heavy atom. The second kappa shape index (κ2) is 8.39. The Hall–Kier alpha value is -3.39. The molecule has 1 amide bonds. The summed E-state index contributed by atoms with van der Waals surface area (Å²) in [5.74, 6) is 0.700. The van der Waals surface area contributed by atoms with Crippen molar-refractivity contribution in [3.8, 4) is 22.6 Å². The van der Waals surface area contributed by atoms with Crippen molar-refractivity contribution < 1.29 is 14.3 Å². The molecule has 1 aromatic heterocycles. The van der Waals surface area contributed by atoms with Crippen LogP contribution in [-0.4, -0.2) is 60.9 Å². The number of fused-ring (bicyclic) bond motifs is 2. The zero-order chi connectivity index (χ0) is 22.1. The molecule has 0 radical (unpaired) electrons. The van der Waals surface area contributed by atoms with Gasteiger partial charge in [-0.25, -0.2) is 4.98 Å². The van der Waals surface area contributed by atoms with Crippen molar-refractivity contribution in [2.24, 2.45) is 10.7 Å². The zero-order valence-electron chi connectivity index (χ0n) is 18.3. The van der Waals surface area contributed by atoms with Crippen molar-refractivity contribution in [3.05, 3.63) is 35.7 Å². The van der Waals surface area contributed by atoms with Gasteiger partial charge in [0.25, 0.3) is 5.91 Å². The van der Waals surface area contributed by atoms with Gasteiger partial charge in [0.05, 0.1) is 30.2 Å². The topological polar surface area (TPSA) is 95.0 Å². The molecule has 0 bridgehead atoms. The number of methoxy groups -OCH3 is 1. The highest BCUT2D eigenvalue weighted by Gasteiger charge is 2.26. The maximum absolute atomic E-state index is 12.3. The van der Waals surface area contributed by atoms with E-state index < -0.39 is 5.91 Å². The molecule has 0 saturated carbocycles. The molecule has 3 aromatic rings. The fourth-order valence-corrected chi connectivity index (χ4v) is 3.94. The van der Waals surface area contributed by atoms with Crippen LogP contribution in [0, 0.1) is 0 Å². The Morgan fingerprint density at radius 1 is 1.26 bits per heavy atom. The van der Waals surface area contributed by atoms with Crippen molar-refractivity contribution >= 4 is 28.8 Å². The number of aromatic nitrogens is 2. The molecule has 8 nitrogen and oxygen atoms in total. The molecule has 4 rings (SSSR count). The second-order valence-corrected chi connectivity index (χ2v) is 7.73. The summed E-state index contributed by atoms with van der Waals surface area (Å²) in [6, 6.07) is 5.85. The van der Waals surface area contributed by atoms with Gasteiger partial charge in [-0.05, 0) is 44.8 Å². The van der Waals surface area contributed by atoms with E-state index in [1.165, 1.54) is 0 Å². The Balaban J connectivity index is 1.89. The van der Waals surface area contributed by atoms with Crippen molar-refractivity contribution in [1.82, 2.24) is 14.5 Å². The fourth-order valence-electron chi connectivity index (χ4n) is 3.94. The average molecular weight is 422 g/mol. The molecule has 2 heterocycles. The standard InChI is InChI=1S/C23H27N5O3/c1-5-28-13-26-17-10-14(11-19(30-4)22(17)28)16-12-18(31-9-8-27(2)3)20(23(24)29)15-6-7-25-21(15)16/h7,10-13H,5-6,8-9H2,1-4H3,(H2,24,29). The molecule has 2 aromatic carbocycles. The first-order chi connectivity index (χ1) is 14.9. The number of rotatable bonds is 8. The molecule has 0 atom stereocenters. The van der Waals surface area contributed by atoms with E-state index in [-0.39, 0.29) is 0 Å². The van der Waals surface area contributed by atoms with Crippen molar-refractivity contribution in [3.63, 3.8) is 0 Å². The van der Waals surface area contributed by atoms with Crippen molar-refractivity contribution in [2.75, 3.05) is 34.4 Å². The van der Waals surface area contributed by atoms with Gasteiger partial charge in [-0.1, -0.05) is 0 Å². The predicted molar refractivity (Wildman–Crippen MR) is 122 cm³/mol. The maximum atomic E-state index is 12.3. The summed E-state index contributed by atoms with van der Waals surface area (Å²) in [6.07, 6.45) is 4.15. The van der Waals surface area contributed by atoms with Crippen LogP contribution < -0.4 is 15.2 Å². The number of nitrogens with two attached hydrogens (primary N) is 1. The molecule has 1 aliphatic rings. The number of carbonyl (C=O) groups is 1. The number of likely N-dealkylation sites (N-methyl/N-ethyl adjacent to an activating group) is 1. The lowest BCUT2D eigenvalue weighted by atomic mass is 9.94. The third kappa shape index (κ3) is 3.74. The third-order valence-corrected chi connectivity index (χ3v) is 5.47. The molecule has 0 saturated heterocycles. The summed E-state index contributed by atoms with van der Waals surface area (Å²) in [5, 5.41) is 0. The molecule has 0 aliphatic carbocycles. The van der Waals surface area contributed by atoms with Gasteiger partial charge in [0.2, 0.25) is 0 Å². The minimum absolute atomic E-state index is 0.401. The number of hydrogen-bond acceptors (Lipinski definition) is 6. The van der Waals surface area contributed by atoms with Gasteiger partial charge in [-0.15, -0.1) is 0 Å². The van der Waals surface area contributed by atoms with Crippen LogP contribution in [-0.2, 0) is 13.0 Å². The van der Waals surface area contributed by atoms with Gasteiger partial charge in [0, 0.05) is 36.9 Å². The Kier molecular flexibility index (Phi) is 5.65. The average Bonchev–Trinajstić information content (AvgIpc) is 3.38. The number of ether oxygens (including phenoxy) is 2. The van der Waals surface area contributed by atoms with Crippen LogP contribution in [0.2, 0.25) is 0 Å². The molecule has 0 fully saturated rings. The largest absolute Gasteiger partial charge is 0.494 e. The molecular weight excluding hydrogens is 394 g/mol. The normalized spacial score (nSPS) is 12.5. The first-order valence-corrected chi connectivity index (χ1v) is 10.3. The van der Waals surface area contributed by atoms with E-state index in [9.17, 15) is 4.79 Å². The zero-order valence-corrected chi connectivity index (χ0v) is 18.3. The van der Waals surface area contributed by atoms with Crippen molar-refractivity contribution in [1.29, 1.82) is 0 Å². The van der Waals surface area contributed by atoms with Crippen LogP contribution in [0.5, 0.6) is 11.5 Å². The number of nitrogens with zero attached hydrogens (tertiary/aromatic N) is 4. The van der Waals surface area contributed by atoms with Gasteiger partial charge in [0.15, 0.2) is 0 Å². The highest BCUT2D eigenvalue weighted by atomic mass is 16.5. The van der Waals surface area contributed by atoms with Gasteiger partial charge in [-0.2, -0.15) is 0 Å². The number of carbonyl (C=O) groups excluding carboxylic acids is 1. The molecule has 0 spiro atoms. The molecule has 2 N–H and O–H groups in total. The maximum Gasteiger partial charge on any atom is 0.252 e. The number of amides is 1. The minimum Gasteiger partial charge on any atom is -0.494 e. The summed E-state index contributed by atoms with van der Waals surface area (Å²) in [4.78, 5) is 23.4. The molecular formula is C23H27N5O3. The number of hydrogen-bond donors (Lipinski definition) is 1. The summed E-state index contributed by atoms with van der Waals surface area (Å²) in [6.45, 7) is 4.02. The molecule has 0 unspecified atom stereocenters. The molecule has 8 heteroatoms. The summed E-state index contributed by atoms with van der Waals surface area (Å²) >= 11 is 0. The highest BCUT2D eigenvalue weighted by molar-refractivity contribution is 6.04. The summed E-state index contributed by atoms with van der Waals surface area (Å²) in [5.41, 5.74) is 11.2. The number of imidazole rings is 1. The van der Waals surface area contributed by atoms with Crippen LogP contribution in [0.25, 0.3) is 22.2 Å². The van der Waals surface area contributed by atoms with Crippen LogP contribution in [0.15, 0.2) is 29.5 Å². The lowest BCUT2D eigenvalue weighted by Gasteiger charge is -2.18. The number of benzene rings is 2. The fraction of sp³-hybridized carbons (Fsp3) is 0.348. The number of aliphatic imine (C=N–C) groups is 1. The smallest absolute Gasteiger partial charge is 0.252 e. The SMILES string of the molecule is CCn1cnc2cc(-c3cc(OCCN(C)C)c(C(N)=O)c4c3N=CC4)cc(OC)c21. The van der Waals surface area contributed by atoms with Crippen molar-refractivity contribution in [2.45, 2.75) is 19.9 Å². The molecule has 162 valence electrons. The van der Waals surface area contributed by atoms with Gasteiger partial charge >= 0.3 is 0 Å². The summed E-state index contributed by atoms with van der Waals surface area (Å²) < 4.78 is 13.7. The Morgan fingerprint density at radius 3 is 2.74 bits per heavy atom. The Labute approximate surface area is 181 Å². The molecule has 1 aliphatic heterocycles.